The number of nitrogens with zero attached hydrogens (tertiary/aromatic N) is 5. The minimum atomic E-state index is -3.70. The molecule has 0 saturated heterocycles. The molecule has 0 bridgehead atoms. The largest absolute Gasteiger partial charge is 0.364 e. The van der Waals surface area contributed by atoms with Crippen LogP contribution in [-0.4, -0.2) is 53.7 Å². The molecule has 0 aliphatic carbocycles. The molecule has 0 saturated carbocycles. The summed E-state index contributed by atoms with van der Waals surface area (Å²) in [5.74, 6) is 0. The van der Waals surface area contributed by atoms with E-state index in [0.717, 1.165) is 22.5 Å². The SMILES string of the molecule is CN(C)S(=O)(=O)N1Cc2cc(C#N)ccc2N(Cc2cnc[nH]2)C[C@H]1Cc1ccccc1.Cl. The molecule has 2 aromatic carbocycles. The number of anilines is 1. The minimum absolute atomic E-state index is 0. The quantitative estimate of drug-likeness (QED) is 0.577. The molecule has 1 atom stereocenters. The Balaban J connectivity index is 0.00000306. The van der Waals surface area contributed by atoms with E-state index in [9.17, 15) is 13.7 Å². The number of H-pyrrole nitrogens is 1. The first-order valence-corrected chi connectivity index (χ1v) is 11.8. The number of benzene rings is 2. The highest BCUT2D eigenvalue weighted by Gasteiger charge is 2.36. The number of rotatable bonds is 6. The lowest BCUT2D eigenvalue weighted by molar-refractivity contribution is 0.297. The van der Waals surface area contributed by atoms with Crippen molar-refractivity contribution >= 4 is 28.3 Å². The Morgan fingerprint density at radius 3 is 2.61 bits per heavy atom. The topological polar surface area (TPSA) is 96.3 Å². The Hall–Kier alpha value is -2.90. The number of fused-ring (bicyclic) bond motifs is 1. The van der Waals surface area contributed by atoms with Crippen molar-refractivity contribution in [2.45, 2.75) is 25.6 Å². The van der Waals surface area contributed by atoms with Crippen LogP contribution in [0.1, 0.15) is 22.4 Å². The molecule has 2 heterocycles. The van der Waals surface area contributed by atoms with Crippen molar-refractivity contribution in [3.63, 3.8) is 0 Å². The number of nitrogens with one attached hydrogen (secondary N) is 1. The molecule has 174 valence electrons. The van der Waals surface area contributed by atoms with Gasteiger partial charge in [-0.25, -0.2) is 4.98 Å². The van der Waals surface area contributed by atoms with Crippen molar-refractivity contribution in [3.8, 4) is 6.07 Å². The standard InChI is InChI=1S/C23H26N6O2S.ClH/c1-27(2)32(30,31)29-14-20-10-19(12-24)8-9-23(20)28(15-21-13-25-17-26-21)16-22(29)11-18-6-4-3-5-7-18;/h3-10,13,17,22H,11,14-16H2,1-2H3,(H,25,26);1H/t22-;/m1./s1. The van der Waals surface area contributed by atoms with Gasteiger partial charge in [-0.15, -0.1) is 12.4 Å². The predicted molar refractivity (Wildman–Crippen MR) is 130 cm³/mol. The highest BCUT2D eigenvalue weighted by molar-refractivity contribution is 7.86. The summed E-state index contributed by atoms with van der Waals surface area (Å²) in [6.07, 6.45) is 3.98. The maximum Gasteiger partial charge on any atom is 0.282 e. The summed E-state index contributed by atoms with van der Waals surface area (Å²) in [7, 11) is -0.603. The fourth-order valence-electron chi connectivity index (χ4n) is 4.09. The Labute approximate surface area is 201 Å². The van der Waals surface area contributed by atoms with E-state index in [1.807, 2.05) is 36.4 Å². The molecule has 0 radical (unpaired) electrons. The molecule has 1 aliphatic heterocycles. The fourth-order valence-corrected chi connectivity index (χ4v) is 5.33. The second kappa shape index (κ2) is 10.4. The third-order valence-corrected chi connectivity index (χ3v) is 7.64. The second-order valence-corrected chi connectivity index (χ2v) is 10.2. The normalized spacial score (nSPS) is 16.5. The van der Waals surface area contributed by atoms with Crippen LogP contribution in [0.5, 0.6) is 0 Å². The van der Waals surface area contributed by atoms with Crippen LogP contribution < -0.4 is 4.90 Å². The first kappa shape index (κ1) is 24.7. The number of imidazole rings is 1. The Kier molecular flexibility index (Phi) is 7.76. The average molecular weight is 487 g/mol. The molecule has 0 amide bonds. The van der Waals surface area contributed by atoms with Crippen LogP contribution in [0.25, 0.3) is 0 Å². The van der Waals surface area contributed by atoms with E-state index in [0.29, 0.717) is 25.1 Å². The van der Waals surface area contributed by atoms with Crippen LogP contribution in [0.15, 0.2) is 61.1 Å². The smallest absolute Gasteiger partial charge is 0.282 e. The van der Waals surface area contributed by atoms with Crippen molar-refractivity contribution in [1.29, 1.82) is 5.26 Å². The third-order valence-electron chi connectivity index (χ3n) is 5.70. The molecule has 0 spiro atoms. The Bertz CT molecular complexity index is 1210. The van der Waals surface area contributed by atoms with Gasteiger partial charge in [0.15, 0.2) is 0 Å². The van der Waals surface area contributed by atoms with Gasteiger partial charge >= 0.3 is 0 Å². The van der Waals surface area contributed by atoms with Gasteiger partial charge in [0.05, 0.1) is 30.2 Å². The molecule has 1 N–H and O–H groups in total. The fraction of sp³-hybridized carbons (Fsp3) is 0.304. The zero-order valence-corrected chi connectivity index (χ0v) is 20.2. The van der Waals surface area contributed by atoms with Gasteiger partial charge in [0.1, 0.15) is 0 Å². The van der Waals surface area contributed by atoms with Crippen molar-refractivity contribution in [2.24, 2.45) is 0 Å². The number of nitriles is 1. The van der Waals surface area contributed by atoms with Gasteiger partial charge < -0.3 is 9.88 Å². The zero-order chi connectivity index (χ0) is 22.7. The molecule has 1 aromatic heterocycles. The van der Waals surface area contributed by atoms with Crippen LogP contribution in [0.2, 0.25) is 0 Å². The van der Waals surface area contributed by atoms with E-state index in [4.69, 9.17) is 0 Å². The monoisotopic (exact) mass is 486 g/mol. The van der Waals surface area contributed by atoms with Crippen molar-refractivity contribution < 1.29 is 8.42 Å². The molecule has 33 heavy (non-hydrogen) atoms. The zero-order valence-electron chi connectivity index (χ0n) is 18.5. The summed E-state index contributed by atoms with van der Waals surface area (Å²) < 4.78 is 29.6. The molecule has 4 rings (SSSR count). The highest BCUT2D eigenvalue weighted by atomic mass is 35.5. The van der Waals surface area contributed by atoms with E-state index in [-0.39, 0.29) is 25.0 Å². The minimum Gasteiger partial charge on any atom is -0.364 e. The van der Waals surface area contributed by atoms with Crippen LogP contribution in [0.3, 0.4) is 0 Å². The molecule has 10 heteroatoms. The Morgan fingerprint density at radius 2 is 1.97 bits per heavy atom. The lowest BCUT2D eigenvalue weighted by atomic mass is 10.1. The number of hydrogen-bond donors (Lipinski definition) is 1. The van der Waals surface area contributed by atoms with Crippen molar-refractivity contribution in [3.05, 3.63) is 83.4 Å². The van der Waals surface area contributed by atoms with Gasteiger partial charge in [-0.2, -0.15) is 22.3 Å². The highest BCUT2D eigenvalue weighted by Crippen LogP contribution is 2.32. The van der Waals surface area contributed by atoms with Crippen LogP contribution >= 0.6 is 12.4 Å². The summed E-state index contributed by atoms with van der Waals surface area (Å²) in [5.41, 5.74) is 4.25. The summed E-state index contributed by atoms with van der Waals surface area (Å²) in [6, 6.07) is 17.3. The average Bonchev–Trinajstić information content (AvgIpc) is 3.24. The van der Waals surface area contributed by atoms with Crippen molar-refractivity contribution in [1.82, 2.24) is 18.6 Å². The Morgan fingerprint density at radius 1 is 1.21 bits per heavy atom. The van der Waals surface area contributed by atoms with Gasteiger partial charge in [-0.3, -0.25) is 0 Å². The molecular weight excluding hydrogens is 460 g/mol. The van der Waals surface area contributed by atoms with Crippen molar-refractivity contribution in [2.75, 3.05) is 25.5 Å². The number of hydrogen-bond acceptors (Lipinski definition) is 5. The van der Waals surface area contributed by atoms with Crippen LogP contribution in [0, 0.1) is 11.3 Å². The maximum absolute atomic E-state index is 13.4. The summed E-state index contributed by atoms with van der Waals surface area (Å²) in [6.45, 7) is 1.25. The lowest BCUT2D eigenvalue weighted by Crippen LogP contribution is -2.49. The van der Waals surface area contributed by atoms with Gasteiger partial charge in [0.25, 0.3) is 10.2 Å². The van der Waals surface area contributed by atoms with Gasteiger partial charge in [0.2, 0.25) is 0 Å². The van der Waals surface area contributed by atoms with Gasteiger partial charge in [-0.05, 0) is 35.7 Å². The van der Waals surface area contributed by atoms with E-state index in [1.54, 1.807) is 43.1 Å². The number of aromatic nitrogens is 2. The molecule has 0 unspecified atom stereocenters. The summed E-state index contributed by atoms with van der Waals surface area (Å²) >= 11 is 0. The van der Waals surface area contributed by atoms with Gasteiger partial charge in [-0.1, -0.05) is 30.3 Å². The molecular formula is C23H27ClN6O2S. The summed E-state index contributed by atoms with van der Waals surface area (Å²) in [4.78, 5) is 9.43. The summed E-state index contributed by atoms with van der Waals surface area (Å²) in [5, 5.41) is 9.43. The lowest BCUT2D eigenvalue weighted by Gasteiger charge is -2.33. The molecule has 8 nitrogen and oxygen atoms in total. The van der Waals surface area contributed by atoms with E-state index >= 15 is 0 Å². The first-order chi connectivity index (χ1) is 15.4. The van der Waals surface area contributed by atoms with Crippen LogP contribution in [0.4, 0.5) is 5.69 Å². The third kappa shape index (κ3) is 5.37. The molecule has 0 fully saturated rings. The van der Waals surface area contributed by atoms with E-state index < -0.39 is 10.2 Å². The van der Waals surface area contributed by atoms with E-state index in [1.165, 1.54) is 4.31 Å². The van der Waals surface area contributed by atoms with Crippen LogP contribution in [-0.2, 0) is 29.7 Å². The molecule has 1 aliphatic rings. The first-order valence-electron chi connectivity index (χ1n) is 10.4. The van der Waals surface area contributed by atoms with E-state index in [2.05, 4.69) is 20.9 Å². The number of aromatic amines is 1. The maximum atomic E-state index is 13.4. The van der Waals surface area contributed by atoms with Gasteiger partial charge in [0, 0.05) is 45.1 Å². The predicted octanol–water partition coefficient (Wildman–Crippen LogP) is 2.94. The number of halogens is 1. The molecule has 3 aromatic rings. The second-order valence-electron chi connectivity index (χ2n) is 8.09.